The number of hydrogen-bond donors (Lipinski definition) is 2. The Morgan fingerprint density at radius 2 is 1.96 bits per heavy atom. The van der Waals surface area contributed by atoms with Gasteiger partial charge in [0.2, 0.25) is 0 Å². The summed E-state index contributed by atoms with van der Waals surface area (Å²) in [5.74, 6) is 0.522. The standard InChI is InChI=1S/C20H29N3O/c24-20-11-5-4-9-19(20)10-6-12-21-13-18-14-22-23(16-18)15-17-7-2-1-3-8-17/h1-3,7-8,14,16,19-21,24H,4-6,9-13,15H2. The molecule has 3 rings (SSSR count). The van der Waals surface area contributed by atoms with Gasteiger partial charge in [0.15, 0.2) is 0 Å². The van der Waals surface area contributed by atoms with Crippen LogP contribution in [0, 0.1) is 5.92 Å². The highest BCUT2D eigenvalue weighted by Crippen LogP contribution is 2.27. The van der Waals surface area contributed by atoms with E-state index in [1.165, 1.54) is 30.4 Å². The van der Waals surface area contributed by atoms with E-state index in [2.05, 4.69) is 40.9 Å². The van der Waals surface area contributed by atoms with Crippen LogP contribution in [0.4, 0.5) is 0 Å². The van der Waals surface area contributed by atoms with E-state index in [-0.39, 0.29) is 6.10 Å². The van der Waals surface area contributed by atoms with E-state index in [9.17, 15) is 5.11 Å². The minimum absolute atomic E-state index is 0.0602. The van der Waals surface area contributed by atoms with Gasteiger partial charge >= 0.3 is 0 Å². The number of aromatic nitrogens is 2. The van der Waals surface area contributed by atoms with Crippen molar-refractivity contribution in [3.05, 3.63) is 53.9 Å². The van der Waals surface area contributed by atoms with Gasteiger partial charge in [-0.15, -0.1) is 0 Å². The molecule has 2 N–H and O–H groups in total. The van der Waals surface area contributed by atoms with E-state index < -0.39 is 0 Å². The predicted molar refractivity (Wildman–Crippen MR) is 96.7 cm³/mol. The quantitative estimate of drug-likeness (QED) is 0.731. The lowest BCUT2D eigenvalue weighted by Crippen LogP contribution is -2.25. The monoisotopic (exact) mass is 327 g/mol. The second-order valence-electron chi connectivity index (χ2n) is 6.96. The van der Waals surface area contributed by atoms with Crippen molar-refractivity contribution in [3.8, 4) is 0 Å². The number of rotatable bonds is 8. The second-order valence-corrected chi connectivity index (χ2v) is 6.96. The average Bonchev–Trinajstić information content (AvgIpc) is 3.04. The molecule has 0 amide bonds. The van der Waals surface area contributed by atoms with E-state index in [0.29, 0.717) is 5.92 Å². The molecule has 1 heterocycles. The Labute approximate surface area is 144 Å². The smallest absolute Gasteiger partial charge is 0.0659 e. The summed E-state index contributed by atoms with van der Waals surface area (Å²) in [5, 5.41) is 17.9. The van der Waals surface area contributed by atoms with Gasteiger partial charge in [-0.25, -0.2) is 0 Å². The first kappa shape index (κ1) is 17.2. The molecule has 1 aliphatic rings. The Kier molecular flexibility index (Phi) is 6.44. The third-order valence-electron chi connectivity index (χ3n) is 5.00. The van der Waals surface area contributed by atoms with Crippen LogP contribution in [0.5, 0.6) is 0 Å². The molecule has 0 saturated heterocycles. The number of benzene rings is 1. The van der Waals surface area contributed by atoms with Crippen LogP contribution in [0.1, 0.15) is 49.7 Å². The largest absolute Gasteiger partial charge is 0.393 e. The molecule has 24 heavy (non-hydrogen) atoms. The van der Waals surface area contributed by atoms with Crippen LogP contribution in [0.25, 0.3) is 0 Å². The Morgan fingerprint density at radius 3 is 2.79 bits per heavy atom. The summed E-state index contributed by atoms with van der Waals surface area (Å²) in [6.07, 6.45) is 11.0. The molecular formula is C20H29N3O. The topological polar surface area (TPSA) is 50.1 Å². The molecule has 0 radical (unpaired) electrons. The van der Waals surface area contributed by atoms with Crippen LogP contribution >= 0.6 is 0 Å². The third kappa shape index (κ3) is 5.18. The fraction of sp³-hybridized carbons (Fsp3) is 0.550. The lowest BCUT2D eigenvalue weighted by molar-refractivity contribution is 0.0643. The maximum absolute atomic E-state index is 10.00. The van der Waals surface area contributed by atoms with Crippen LogP contribution in [0.2, 0.25) is 0 Å². The van der Waals surface area contributed by atoms with Crippen LogP contribution in [0.3, 0.4) is 0 Å². The summed E-state index contributed by atoms with van der Waals surface area (Å²) < 4.78 is 1.99. The number of hydrogen-bond acceptors (Lipinski definition) is 3. The Bertz CT molecular complexity index is 596. The third-order valence-corrected chi connectivity index (χ3v) is 5.00. The molecule has 2 unspecified atom stereocenters. The molecule has 0 spiro atoms. The molecule has 1 aliphatic carbocycles. The molecule has 4 nitrogen and oxygen atoms in total. The van der Waals surface area contributed by atoms with Gasteiger partial charge in [0.1, 0.15) is 0 Å². The van der Waals surface area contributed by atoms with Gasteiger partial charge in [-0.3, -0.25) is 4.68 Å². The van der Waals surface area contributed by atoms with Crippen molar-refractivity contribution in [1.82, 2.24) is 15.1 Å². The van der Waals surface area contributed by atoms with Gasteiger partial charge in [-0.1, -0.05) is 43.2 Å². The summed E-state index contributed by atoms with van der Waals surface area (Å²) in [4.78, 5) is 0. The van der Waals surface area contributed by atoms with Gasteiger partial charge in [0, 0.05) is 18.3 Å². The normalized spacial score (nSPS) is 21.0. The van der Waals surface area contributed by atoms with E-state index in [1.807, 2.05) is 16.9 Å². The zero-order chi connectivity index (χ0) is 16.6. The molecule has 1 fully saturated rings. The molecule has 1 aromatic heterocycles. The van der Waals surface area contributed by atoms with Gasteiger partial charge in [-0.2, -0.15) is 5.10 Å². The van der Waals surface area contributed by atoms with Crippen molar-refractivity contribution in [1.29, 1.82) is 0 Å². The fourth-order valence-corrected chi connectivity index (χ4v) is 3.60. The maximum Gasteiger partial charge on any atom is 0.0659 e. The van der Waals surface area contributed by atoms with E-state index in [0.717, 1.165) is 38.9 Å². The first-order chi connectivity index (χ1) is 11.8. The minimum atomic E-state index is -0.0602. The molecule has 2 atom stereocenters. The van der Waals surface area contributed by atoms with Crippen molar-refractivity contribution in [2.24, 2.45) is 5.92 Å². The molecule has 0 aliphatic heterocycles. The number of nitrogens with one attached hydrogen (secondary N) is 1. The van der Waals surface area contributed by atoms with E-state index >= 15 is 0 Å². The summed E-state index contributed by atoms with van der Waals surface area (Å²) >= 11 is 0. The lowest BCUT2D eigenvalue weighted by atomic mass is 9.83. The van der Waals surface area contributed by atoms with Crippen LogP contribution in [0.15, 0.2) is 42.7 Å². The summed E-state index contributed by atoms with van der Waals surface area (Å²) in [5.41, 5.74) is 2.50. The van der Waals surface area contributed by atoms with Gasteiger partial charge < -0.3 is 10.4 Å². The number of nitrogens with zero attached hydrogens (tertiary/aromatic N) is 2. The predicted octanol–water partition coefficient (Wildman–Crippen LogP) is 3.35. The molecule has 1 aromatic carbocycles. The van der Waals surface area contributed by atoms with Crippen molar-refractivity contribution in [2.45, 2.75) is 57.7 Å². The van der Waals surface area contributed by atoms with E-state index in [1.54, 1.807) is 0 Å². The highest BCUT2D eigenvalue weighted by atomic mass is 16.3. The van der Waals surface area contributed by atoms with Gasteiger partial charge in [0.05, 0.1) is 18.8 Å². The Morgan fingerprint density at radius 1 is 1.12 bits per heavy atom. The Hall–Kier alpha value is -1.65. The van der Waals surface area contributed by atoms with E-state index in [4.69, 9.17) is 0 Å². The van der Waals surface area contributed by atoms with Crippen LogP contribution in [-0.4, -0.2) is 27.5 Å². The highest BCUT2D eigenvalue weighted by molar-refractivity contribution is 5.15. The molecule has 4 heteroatoms. The Balaban J connectivity index is 1.34. The molecule has 2 aromatic rings. The summed E-state index contributed by atoms with van der Waals surface area (Å²) in [7, 11) is 0. The number of aliphatic hydroxyl groups excluding tert-OH is 1. The van der Waals surface area contributed by atoms with Gasteiger partial charge in [-0.05, 0) is 43.7 Å². The average molecular weight is 327 g/mol. The molecule has 1 saturated carbocycles. The van der Waals surface area contributed by atoms with Crippen molar-refractivity contribution in [2.75, 3.05) is 6.54 Å². The first-order valence-electron chi connectivity index (χ1n) is 9.25. The van der Waals surface area contributed by atoms with Crippen molar-refractivity contribution < 1.29 is 5.11 Å². The molecular weight excluding hydrogens is 298 g/mol. The second kappa shape index (κ2) is 9.00. The van der Waals surface area contributed by atoms with Gasteiger partial charge in [0.25, 0.3) is 0 Å². The van der Waals surface area contributed by atoms with Crippen LogP contribution in [-0.2, 0) is 13.1 Å². The fourth-order valence-electron chi connectivity index (χ4n) is 3.60. The number of aliphatic hydroxyl groups is 1. The summed E-state index contributed by atoms with van der Waals surface area (Å²) in [6, 6.07) is 10.4. The molecule has 0 bridgehead atoms. The summed E-state index contributed by atoms with van der Waals surface area (Å²) in [6.45, 7) is 2.69. The maximum atomic E-state index is 10.00. The zero-order valence-electron chi connectivity index (χ0n) is 14.4. The highest BCUT2D eigenvalue weighted by Gasteiger charge is 2.21. The molecule has 130 valence electrons. The van der Waals surface area contributed by atoms with Crippen molar-refractivity contribution in [3.63, 3.8) is 0 Å². The SMILES string of the molecule is OC1CCCCC1CCCNCc1cnn(Cc2ccccc2)c1. The lowest BCUT2D eigenvalue weighted by Gasteiger charge is -2.27. The first-order valence-corrected chi connectivity index (χ1v) is 9.25. The van der Waals surface area contributed by atoms with Crippen molar-refractivity contribution >= 4 is 0 Å². The van der Waals surface area contributed by atoms with Crippen LogP contribution < -0.4 is 5.32 Å². The minimum Gasteiger partial charge on any atom is -0.393 e. The zero-order valence-corrected chi connectivity index (χ0v) is 14.4.